The van der Waals surface area contributed by atoms with Crippen molar-refractivity contribution >= 4 is 20.2 Å². The Balaban J connectivity index is 2.81. The summed E-state index contributed by atoms with van der Waals surface area (Å²) in [6.45, 7) is 12.4. The average molecular weight is 285 g/mol. The van der Waals surface area contributed by atoms with Gasteiger partial charge < -0.3 is 14.8 Å². The maximum absolute atomic E-state index is 11.6. The zero-order chi connectivity index (χ0) is 15.0. The predicted molar refractivity (Wildman–Crippen MR) is 75.1 cm³/mol. The van der Waals surface area contributed by atoms with Crippen LogP contribution in [-0.4, -0.2) is 31.4 Å². The molecule has 1 amide bonds. The van der Waals surface area contributed by atoms with Gasteiger partial charge in [-0.1, -0.05) is 20.8 Å². The number of aliphatic carboxylic acids is 1. The van der Waals surface area contributed by atoms with Gasteiger partial charge in [-0.05, 0) is 25.1 Å². The summed E-state index contributed by atoms with van der Waals surface area (Å²) in [6, 6.07) is 0. The molecule has 1 aliphatic heterocycles. The third-order valence-corrected chi connectivity index (χ3v) is 8.49. The lowest BCUT2D eigenvalue weighted by Crippen LogP contribution is -2.55. The van der Waals surface area contributed by atoms with Gasteiger partial charge in [0.15, 0.2) is 8.32 Å². The Morgan fingerprint density at radius 1 is 1.47 bits per heavy atom. The molecule has 0 aliphatic carbocycles. The van der Waals surface area contributed by atoms with Gasteiger partial charge in [-0.15, -0.1) is 0 Å². The SMILES string of the molecule is C[C@@H](O[Si](C)(C)C(C)(C)C)[C@H]1C(=O)N/C1=C/C(=O)O. The van der Waals surface area contributed by atoms with E-state index in [1.807, 2.05) is 6.92 Å². The number of hydrogen-bond donors (Lipinski definition) is 2. The number of amides is 1. The Hall–Kier alpha value is -1.14. The fourth-order valence-corrected chi connectivity index (χ4v) is 3.21. The quantitative estimate of drug-likeness (QED) is 0.471. The largest absolute Gasteiger partial charge is 0.478 e. The minimum atomic E-state index is -1.97. The highest BCUT2D eigenvalue weighted by Crippen LogP contribution is 2.39. The van der Waals surface area contributed by atoms with E-state index in [1.54, 1.807) is 0 Å². The van der Waals surface area contributed by atoms with E-state index < -0.39 is 20.2 Å². The number of hydrogen-bond acceptors (Lipinski definition) is 3. The summed E-state index contributed by atoms with van der Waals surface area (Å²) in [5.74, 6) is -1.71. The highest BCUT2D eigenvalue weighted by molar-refractivity contribution is 6.74. The standard InChI is InChI=1S/C13H23NO4Si/c1-8(18-19(5,6)13(2,3)4)11-9(7-10(15)16)14-12(11)17/h7-8,11H,1-6H3,(H,14,17)(H,15,16)/b9-7+/t8-,11-/m1/s1. The molecule has 2 N–H and O–H groups in total. The lowest BCUT2D eigenvalue weighted by molar-refractivity contribution is -0.132. The van der Waals surface area contributed by atoms with Gasteiger partial charge in [-0.3, -0.25) is 4.79 Å². The van der Waals surface area contributed by atoms with Crippen molar-refractivity contribution in [1.29, 1.82) is 0 Å². The molecule has 1 saturated heterocycles. The first-order chi connectivity index (χ1) is 8.45. The molecule has 0 aromatic heterocycles. The van der Waals surface area contributed by atoms with Crippen LogP contribution in [0, 0.1) is 5.92 Å². The summed E-state index contributed by atoms with van der Waals surface area (Å²) in [7, 11) is -1.97. The number of carboxylic acids is 1. The number of carbonyl (C=O) groups excluding carboxylic acids is 1. The van der Waals surface area contributed by atoms with Gasteiger partial charge in [-0.2, -0.15) is 0 Å². The Morgan fingerprint density at radius 2 is 2.00 bits per heavy atom. The van der Waals surface area contributed by atoms with Gasteiger partial charge in [0.25, 0.3) is 0 Å². The molecule has 0 saturated carbocycles. The number of carbonyl (C=O) groups is 2. The van der Waals surface area contributed by atoms with Crippen LogP contribution >= 0.6 is 0 Å². The van der Waals surface area contributed by atoms with Crippen LogP contribution in [0.15, 0.2) is 11.8 Å². The molecule has 1 fully saturated rings. The molecular weight excluding hydrogens is 262 g/mol. The molecule has 2 atom stereocenters. The molecule has 0 unspecified atom stereocenters. The third kappa shape index (κ3) is 3.45. The number of carboxylic acid groups (broad SMARTS) is 1. The molecule has 108 valence electrons. The van der Waals surface area contributed by atoms with Gasteiger partial charge in [0.05, 0.1) is 6.10 Å². The molecular formula is C13H23NO4Si. The summed E-state index contributed by atoms with van der Waals surface area (Å²) in [5, 5.41) is 11.3. The second-order valence-corrected chi connectivity index (χ2v) is 11.2. The van der Waals surface area contributed by atoms with Gasteiger partial charge in [0.1, 0.15) is 5.92 Å². The molecule has 0 aromatic rings. The van der Waals surface area contributed by atoms with Crippen molar-refractivity contribution in [3.63, 3.8) is 0 Å². The summed E-state index contributed by atoms with van der Waals surface area (Å²) >= 11 is 0. The van der Waals surface area contributed by atoms with Gasteiger partial charge in [0, 0.05) is 11.8 Å². The predicted octanol–water partition coefficient (Wildman–Crippen LogP) is 2.11. The topological polar surface area (TPSA) is 75.6 Å². The fourth-order valence-electron chi connectivity index (χ4n) is 1.80. The van der Waals surface area contributed by atoms with Crippen molar-refractivity contribution in [2.75, 3.05) is 0 Å². The molecule has 1 aliphatic rings. The van der Waals surface area contributed by atoms with Crippen LogP contribution < -0.4 is 5.32 Å². The first kappa shape index (κ1) is 15.9. The van der Waals surface area contributed by atoms with Crippen LogP contribution in [0.3, 0.4) is 0 Å². The summed E-state index contributed by atoms with van der Waals surface area (Å²) in [6.07, 6.45) is 0.734. The Bertz CT molecular complexity index is 423. The molecule has 1 rings (SSSR count). The van der Waals surface area contributed by atoms with Crippen molar-refractivity contribution in [2.45, 2.75) is 51.9 Å². The minimum Gasteiger partial charge on any atom is -0.478 e. The summed E-state index contributed by atoms with van der Waals surface area (Å²) in [4.78, 5) is 22.3. The smallest absolute Gasteiger partial charge is 0.330 e. The second-order valence-electron chi connectivity index (χ2n) is 6.49. The highest BCUT2D eigenvalue weighted by atomic mass is 28.4. The van der Waals surface area contributed by atoms with Crippen LogP contribution in [0.25, 0.3) is 0 Å². The molecule has 19 heavy (non-hydrogen) atoms. The number of rotatable bonds is 4. The lowest BCUT2D eigenvalue weighted by atomic mass is 9.91. The Morgan fingerprint density at radius 3 is 2.37 bits per heavy atom. The minimum absolute atomic E-state index is 0.0537. The zero-order valence-electron chi connectivity index (χ0n) is 12.4. The number of β-lactam (4-membered cyclic amide) rings is 1. The maximum Gasteiger partial charge on any atom is 0.330 e. The fraction of sp³-hybridized carbons (Fsp3) is 0.692. The monoisotopic (exact) mass is 285 g/mol. The van der Waals surface area contributed by atoms with Crippen LogP contribution in [0.4, 0.5) is 0 Å². The van der Waals surface area contributed by atoms with E-state index in [9.17, 15) is 9.59 Å². The molecule has 1 heterocycles. The highest BCUT2D eigenvalue weighted by Gasteiger charge is 2.45. The van der Waals surface area contributed by atoms with Crippen molar-refractivity contribution in [3.05, 3.63) is 11.8 Å². The van der Waals surface area contributed by atoms with Crippen molar-refractivity contribution in [3.8, 4) is 0 Å². The van der Waals surface area contributed by atoms with Crippen LogP contribution in [0.2, 0.25) is 18.1 Å². The molecule has 0 aromatic carbocycles. The van der Waals surface area contributed by atoms with E-state index in [0.29, 0.717) is 5.70 Å². The van der Waals surface area contributed by atoms with E-state index in [2.05, 4.69) is 39.2 Å². The zero-order valence-corrected chi connectivity index (χ0v) is 13.4. The Kier molecular flexibility index (Phi) is 4.26. The lowest BCUT2D eigenvalue weighted by Gasteiger charge is -2.42. The van der Waals surface area contributed by atoms with Crippen molar-refractivity contribution < 1.29 is 19.1 Å². The van der Waals surface area contributed by atoms with Gasteiger partial charge >= 0.3 is 5.97 Å². The molecule has 0 bridgehead atoms. The summed E-state index contributed by atoms with van der Waals surface area (Å²) < 4.78 is 6.13. The van der Waals surface area contributed by atoms with Crippen LogP contribution in [0.5, 0.6) is 0 Å². The van der Waals surface area contributed by atoms with E-state index in [-0.39, 0.29) is 17.0 Å². The molecule has 5 nitrogen and oxygen atoms in total. The first-order valence-corrected chi connectivity index (χ1v) is 9.30. The average Bonchev–Trinajstić information content (AvgIpc) is 2.12. The Labute approximate surface area is 115 Å². The van der Waals surface area contributed by atoms with E-state index in [4.69, 9.17) is 9.53 Å². The maximum atomic E-state index is 11.6. The van der Waals surface area contributed by atoms with Gasteiger partial charge in [0.2, 0.25) is 5.91 Å². The normalized spacial score (nSPS) is 23.8. The van der Waals surface area contributed by atoms with Crippen LogP contribution in [-0.2, 0) is 14.0 Å². The molecule has 0 spiro atoms. The molecule has 6 heteroatoms. The summed E-state index contributed by atoms with van der Waals surface area (Å²) in [5.41, 5.74) is 0.434. The third-order valence-electron chi connectivity index (χ3n) is 3.92. The van der Waals surface area contributed by atoms with Crippen LogP contribution in [0.1, 0.15) is 27.7 Å². The second kappa shape index (κ2) is 5.09. The molecule has 0 radical (unpaired) electrons. The number of nitrogens with one attached hydrogen (secondary N) is 1. The van der Waals surface area contributed by atoms with E-state index >= 15 is 0 Å². The van der Waals surface area contributed by atoms with Gasteiger partial charge in [-0.25, -0.2) is 4.79 Å². The first-order valence-electron chi connectivity index (χ1n) is 6.39. The van der Waals surface area contributed by atoms with E-state index in [1.165, 1.54) is 0 Å². The van der Waals surface area contributed by atoms with Crippen molar-refractivity contribution in [2.24, 2.45) is 5.92 Å². The van der Waals surface area contributed by atoms with E-state index in [0.717, 1.165) is 6.08 Å². The van der Waals surface area contributed by atoms with Crippen molar-refractivity contribution in [1.82, 2.24) is 5.32 Å².